The quantitative estimate of drug-likeness (QED) is 0.608. The fourth-order valence-corrected chi connectivity index (χ4v) is 1.40. The van der Waals surface area contributed by atoms with E-state index in [0.717, 1.165) is 5.56 Å². The molecule has 1 rings (SSSR count). The molecule has 0 aliphatic heterocycles. The number of nitrogens with one attached hydrogen (secondary N) is 1. The van der Waals surface area contributed by atoms with Crippen LogP contribution in [0.3, 0.4) is 0 Å². The van der Waals surface area contributed by atoms with Gasteiger partial charge < -0.3 is 10.1 Å². The summed E-state index contributed by atoms with van der Waals surface area (Å²) in [6, 6.07) is 9.23. The third-order valence-corrected chi connectivity index (χ3v) is 2.59. The van der Waals surface area contributed by atoms with Gasteiger partial charge in [0, 0.05) is 5.56 Å². The van der Waals surface area contributed by atoms with Gasteiger partial charge in [0.2, 0.25) is 0 Å². The molecule has 0 fully saturated rings. The minimum Gasteiger partial charge on any atom is -0.317 e. The van der Waals surface area contributed by atoms with Crippen LogP contribution in [-0.4, -0.2) is 25.7 Å². The molecule has 0 unspecified atom stereocenters. The highest BCUT2D eigenvalue weighted by Gasteiger charge is 1.92. The highest BCUT2D eigenvalue weighted by molar-refractivity contribution is 5.93. The van der Waals surface area contributed by atoms with Crippen molar-refractivity contribution in [3.63, 3.8) is 0 Å². The number of hydrogen-bond acceptors (Lipinski definition) is 3. The second-order valence-electron chi connectivity index (χ2n) is 4.38. The summed E-state index contributed by atoms with van der Waals surface area (Å²) in [7, 11) is 0. The van der Waals surface area contributed by atoms with Gasteiger partial charge in [-0.15, -0.1) is 0 Å². The van der Waals surface area contributed by atoms with Crippen molar-refractivity contribution in [3.8, 4) is 0 Å². The molecule has 0 bridgehead atoms. The van der Waals surface area contributed by atoms with E-state index in [1.165, 1.54) is 38.8 Å². The number of carbonyl (C=O) groups is 2. The first-order chi connectivity index (χ1) is 9.72. The summed E-state index contributed by atoms with van der Waals surface area (Å²) in [5.74, 6) is 0.121. The van der Waals surface area contributed by atoms with Gasteiger partial charge in [0.05, 0.1) is 0 Å². The van der Waals surface area contributed by atoms with Gasteiger partial charge in [-0.05, 0) is 32.9 Å². The summed E-state index contributed by atoms with van der Waals surface area (Å²) >= 11 is 0. The number of benzene rings is 1. The molecular weight excluding hydrogens is 250 g/mol. The third-order valence-electron chi connectivity index (χ3n) is 2.59. The Morgan fingerprint density at radius 1 is 1.00 bits per heavy atom. The maximum absolute atomic E-state index is 10.6. The first-order valence-corrected chi connectivity index (χ1v) is 7.27. The molecule has 0 aliphatic rings. The molecule has 1 aromatic rings. The lowest BCUT2D eigenvalue weighted by atomic mass is 10.2. The minimum absolute atomic E-state index is 0.121. The lowest BCUT2D eigenvalue weighted by molar-refractivity contribution is -0.0979. The number of hydrogen-bond donors (Lipinski definition) is 1. The Morgan fingerprint density at radius 2 is 1.45 bits per heavy atom. The van der Waals surface area contributed by atoms with Crippen molar-refractivity contribution in [2.75, 3.05) is 13.1 Å². The Bertz CT molecular complexity index is 306. The molecular formula is C17H29NO2. The normalized spacial score (nSPS) is 8.75. The minimum atomic E-state index is 0.121. The Labute approximate surface area is 123 Å². The van der Waals surface area contributed by atoms with Crippen LogP contribution < -0.4 is 5.32 Å². The zero-order chi connectivity index (χ0) is 15.6. The number of Topliss-reactive ketones (excluding diaryl/α,β-unsaturated/α-hetero) is 1. The maximum Gasteiger partial charge on any atom is 0.159 e. The van der Waals surface area contributed by atoms with Crippen molar-refractivity contribution in [1.29, 1.82) is 0 Å². The molecule has 1 N–H and O–H groups in total. The molecule has 0 aliphatic carbocycles. The van der Waals surface area contributed by atoms with Crippen LogP contribution in [0.2, 0.25) is 0 Å². The van der Waals surface area contributed by atoms with Crippen LogP contribution in [0.25, 0.3) is 0 Å². The lowest BCUT2D eigenvalue weighted by Gasteiger charge is -1.99. The third kappa shape index (κ3) is 14.6. The van der Waals surface area contributed by atoms with Crippen LogP contribution in [0.4, 0.5) is 0 Å². The molecule has 0 spiro atoms. The maximum atomic E-state index is 10.6. The largest absolute Gasteiger partial charge is 0.317 e. The van der Waals surface area contributed by atoms with Gasteiger partial charge in [-0.2, -0.15) is 0 Å². The van der Waals surface area contributed by atoms with E-state index in [4.69, 9.17) is 4.79 Å². The standard InChI is InChI=1S/C8H19N.C8H8O.CH2O/c1-3-5-7-9-8-6-4-2;1-7(9)8-5-3-2-4-6-8;1-2/h9H,3-8H2,1-2H3;2-6H,1H3;1H2. The lowest BCUT2D eigenvalue weighted by Crippen LogP contribution is -2.15. The molecule has 0 atom stereocenters. The second-order valence-corrected chi connectivity index (χ2v) is 4.38. The molecule has 3 heteroatoms. The van der Waals surface area contributed by atoms with Gasteiger partial charge in [0.25, 0.3) is 0 Å². The van der Waals surface area contributed by atoms with Crippen molar-refractivity contribution in [2.45, 2.75) is 46.5 Å². The van der Waals surface area contributed by atoms with Gasteiger partial charge in [-0.3, -0.25) is 4.79 Å². The topological polar surface area (TPSA) is 46.2 Å². The van der Waals surface area contributed by atoms with E-state index in [2.05, 4.69) is 19.2 Å². The number of rotatable bonds is 7. The SMILES string of the molecule is C=O.CC(=O)c1ccccc1.CCCCNCCCC. The van der Waals surface area contributed by atoms with Crippen molar-refractivity contribution in [2.24, 2.45) is 0 Å². The van der Waals surface area contributed by atoms with Crippen LogP contribution in [0.1, 0.15) is 56.8 Å². The first-order valence-electron chi connectivity index (χ1n) is 7.27. The van der Waals surface area contributed by atoms with E-state index in [9.17, 15) is 4.79 Å². The van der Waals surface area contributed by atoms with E-state index in [1.807, 2.05) is 37.1 Å². The van der Waals surface area contributed by atoms with Crippen LogP contribution in [0, 0.1) is 0 Å². The highest BCUT2D eigenvalue weighted by Crippen LogP contribution is 1.97. The first kappa shape index (κ1) is 20.8. The van der Waals surface area contributed by atoms with Crippen LogP contribution in [0.5, 0.6) is 0 Å². The van der Waals surface area contributed by atoms with E-state index in [-0.39, 0.29) is 5.78 Å². The monoisotopic (exact) mass is 279 g/mol. The average Bonchev–Trinajstić information content (AvgIpc) is 2.51. The fourth-order valence-electron chi connectivity index (χ4n) is 1.40. The van der Waals surface area contributed by atoms with Crippen molar-refractivity contribution in [1.82, 2.24) is 5.32 Å². The summed E-state index contributed by atoms with van der Waals surface area (Å²) < 4.78 is 0. The van der Waals surface area contributed by atoms with Crippen LogP contribution in [0.15, 0.2) is 30.3 Å². The predicted molar refractivity (Wildman–Crippen MR) is 86.3 cm³/mol. The molecule has 1 aromatic carbocycles. The van der Waals surface area contributed by atoms with E-state index < -0.39 is 0 Å². The highest BCUT2D eigenvalue weighted by atomic mass is 16.1. The molecule has 114 valence electrons. The zero-order valence-electron chi connectivity index (χ0n) is 13.2. The van der Waals surface area contributed by atoms with Crippen molar-refractivity contribution >= 4 is 12.6 Å². The Kier molecular flexibility index (Phi) is 18.2. The Morgan fingerprint density at radius 3 is 1.75 bits per heavy atom. The smallest absolute Gasteiger partial charge is 0.159 e. The summed E-state index contributed by atoms with van der Waals surface area (Å²) in [4.78, 5) is 18.6. The Hall–Kier alpha value is -1.48. The van der Waals surface area contributed by atoms with Crippen LogP contribution >= 0.6 is 0 Å². The molecule has 0 heterocycles. The van der Waals surface area contributed by atoms with Gasteiger partial charge >= 0.3 is 0 Å². The number of unbranched alkanes of at least 4 members (excludes halogenated alkanes) is 2. The molecule has 0 radical (unpaired) electrons. The number of carbonyl (C=O) groups excluding carboxylic acids is 2. The predicted octanol–water partition coefficient (Wildman–Crippen LogP) is 3.88. The molecule has 0 aromatic heterocycles. The van der Waals surface area contributed by atoms with Crippen molar-refractivity contribution in [3.05, 3.63) is 35.9 Å². The van der Waals surface area contributed by atoms with Gasteiger partial charge in [-0.25, -0.2) is 0 Å². The average molecular weight is 279 g/mol. The van der Waals surface area contributed by atoms with Crippen LogP contribution in [-0.2, 0) is 4.79 Å². The second kappa shape index (κ2) is 17.5. The summed E-state index contributed by atoms with van der Waals surface area (Å²) in [5.41, 5.74) is 0.775. The Balaban J connectivity index is 0. The van der Waals surface area contributed by atoms with E-state index in [1.54, 1.807) is 6.92 Å². The van der Waals surface area contributed by atoms with Gasteiger partial charge in [0.1, 0.15) is 6.79 Å². The molecule has 20 heavy (non-hydrogen) atoms. The fraction of sp³-hybridized carbons (Fsp3) is 0.529. The van der Waals surface area contributed by atoms with Crippen molar-refractivity contribution < 1.29 is 9.59 Å². The number of ketones is 1. The molecule has 0 saturated heterocycles. The summed E-state index contributed by atoms with van der Waals surface area (Å²) in [6.07, 6.45) is 5.26. The van der Waals surface area contributed by atoms with Gasteiger partial charge in [-0.1, -0.05) is 57.0 Å². The molecule has 0 saturated carbocycles. The molecule has 0 amide bonds. The summed E-state index contributed by atoms with van der Waals surface area (Å²) in [6.45, 7) is 10.4. The molecule has 3 nitrogen and oxygen atoms in total. The summed E-state index contributed by atoms with van der Waals surface area (Å²) in [5, 5.41) is 3.39. The van der Waals surface area contributed by atoms with E-state index in [0.29, 0.717) is 0 Å². The zero-order valence-corrected chi connectivity index (χ0v) is 13.2. The van der Waals surface area contributed by atoms with Gasteiger partial charge in [0.15, 0.2) is 5.78 Å². The van der Waals surface area contributed by atoms with E-state index >= 15 is 0 Å².